The molecule has 0 fully saturated rings. The van der Waals surface area contributed by atoms with E-state index in [0.29, 0.717) is 11.5 Å². The highest BCUT2D eigenvalue weighted by Gasteiger charge is 2.23. The highest BCUT2D eigenvalue weighted by molar-refractivity contribution is 5.94. The van der Waals surface area contributed by atoms with E-state index in [9.17, 15) is 14.9 Å². The number of rotatable bonds is 8. The molecule has 0 aliphatic heterocycles. The van der Waals surface area contributed by atoms with Gasteiger partial charge < -0.3 is 14.8 Å². The van der Waals surface area contributed by atoms with Crippen molar-refractivity contribution in [1.82, 2.24) is 0 Å². The minimum Gasteiger partial charge on any atom is -0.496 e. The lowest BCUT2D eigenvalue weighted by molar-refractivity contribution is -0.384. The summed E-state index contributed by atoms with van der Waals surface area (Å²) in [4.78, 5) is 22.9. The number of benzene rings is 3. The van der Waals surface area contributed by atoms with E-state index in [0.717, 1.165) is 5.56 Å². The number of hydrogen-bond donors (Lipinski definition) is 1. The van der Waals surface area contributed by atoms with Crippen LogP contribution >= 0.6 is 0 Å². The number of amides is 1. The van der Waals surface area contributed by atoms with Crippen LogP contribution in [0.2, 0.25) is 0 Å². The second-order valence-corrected chi connectivity index (χ2v) is 7.49. The van der Waals surface area contributed by atoms with E-state index in [1.54, 1.807) is 0 Å². The lowest BCUT2D eigenvalue weighted by atomic mass is 9.78. The maximum atomic E-state index is 12.2. The van der Waals surface area contributed by atoms with E-state index in [4.69, 9.17) is 9.47 Å². The molecule has 1 amide bonds. The van der Waals surface area contributed by atoms with Gasteiger partial charge in [0.25, 0.3) is 11.6 Å². The average Bonchev–Trinajstić information content (AvgIpc) is 2.78. The third-order valence-corrected chi connectivity index (χ3v) is 5.12. The lowest BCUT2D eigenvalue weighted by Gasteiger charge is -2.26. The number of nitro benzene ring substituents is 1. The predicted molar refractivity (Wildman–Crippen MR) is 119 cm³/mol. The van der Waals surface area contributed by atoms with E-state index in [1.807, 2.05) is 42.5 Å². The number of nitrogens with zero attached hydrogens (tertiary/aromatic N) is 1. The molecule has 0 aliphatic rings. The first-order chi connectivity index (χ1) is 14.8. The third kappa shape index (κ3) is 5.19. The normalized spacial score (nSPS) is 10.9. The van der Waals surface area contributed by atoms with Gasteiger partial charge in [-0.1, -0.05) is 56.3 Å². The third-order valence-electron chi connectivity index (χ3n) is 5.12. The Bertz CT molecular complexity index is 1060. The molecule has 160 valence electrons. The number of nitrogens with one attached hydrogen (secondary N) is 1. The summed E-state index contributed by atoms with van der Waals surface area (Å²) in [5.41, 5.74) is 1.97. The first-order valence-corrected chi connectivity index (χ1v) is 9.72. The smallest absolute Gasteiger partial charge is 0.296 e. The molecule has 0 aliphatic carbocycles. The Kier molecular flexibility index (Phi) is 6.55. The largest absolute Gasteiger partial charge is 0.496 e. The van der Waals surface area contributed by atoms with Gasteiger partial charge in [0.1, 0.15) is 17.2 Å². The van der Waals surface area contributed by atoms with Gasteiger partial charge >= 0.3 is 0 Å². The van der Waals surface area contributed by atoms with Crippen LogP contribution in [0.4, 0.5) is 11.4 Å². The number of carbonyl (C=O) groups excluding carboxylic acids is 1. The van der Waals surface area contributed by atoms with Crippen molar-refractivity contribution >= 4 is 17.3 Å². The molecule has 0 saturated carbocycles. The van der Waals surface area contributed by atoms with Gasteiger partial charge in [0.2, 0.25) is 0 Å². The number of nitro groups is 1. The van der Waals surface area contributed by atoms with Crippen LogP contribution in [-0.2, 0) is 10.2 Å². The molecule has 0 unspecified atom stereocenters. The van der Waals surface area contributed by atoms with E-state index in [-0.39, 0.29) is 23.4 Å². The van der Waals surface area contributed by atoms with Gasteiger partial charge in [-0.25, -0.2) is 0 Å². The molecule has 3 aromatic rings. The molecule has 3 aromatic carbocycles. The van der Waals surface area contributed by atoms with Crippen LogP contribution in [0.3, 0.4) is 0 Å². The molecule has 3 rings (SSSR count). The Morgan fingerprint density at radius 1 is 0.968 bits per heavy atom. The maximum Gasteiger partial charge on any atom is 0.296 e. The van der Waals surface area contributed by atoms with Crippen molar-refractivity contribution in [3.63, 3.8) is 0 Å². The zero-order chi connectivity index (χ0) is 22.4. The topological polar surface area (TPSA) is 90.7 Å². The number of hydrogen-bond acceptors (Lipinski definition) is 5. The molecule has 31 heavy (non-hydrogen) atoms. The van der Waals surface area contributed by atoms with Gasteiger partial charge in [-0.3, -0.25) is 14.9 Å². The molecule has 0 saturated heterocycles. The highest BCUT2D eigenvalue weighted by Crippen LogP contribution is 2.32. The summed E-state index contributed by atoms with van der Waals surface area (Å²) in [7, 11) is 1.41. The van der Waals surface area contributed by atoms with Crippen molar-refractivity contribution in [2.75, 3.05) is 19.0 Å². The Hall–Kier alpha value is -3.87. The van der Waals surface area contributed by atoms with Crippen molar-refractivity contribution in [1.29, 1.82) is 0 Å². The first-order valence-electron chi connectivity index (χ1n) is 9.72. The van der Waals surface area contributed by atoms with Gasteiger partial charge in [0, 0.05) is 5.41 Å². The molecule has 0 bridgehead atoms. The second-order valence-electron chi connectivity index (χ2n) is 7.49. The standard InChI is InChI=1S/C24H24N2O5/c1-24(2,17-7-5-4-6-8-17)18-9-11-19(12-10-18)31-16-23(27)25-21-14-13-20(30-3)15-22(21)26(28)29/h4-15H,16H2,1-3H3,(H,25,27). The fraction of sp³-hybridized carbons (Fsp3) is 0.208. The van der Waals surface area contributed by atoms with Crippen molar-refractivity contribution in [2.45, 2.75) is 19.3 Å². The number of anilines is 1. The van der Waals surface area contributed by atoms with Gasteiger partial charge in [-0.05, 0) is 35.4 Å². The van der Waals surface area contributed by atoms with Crippen LogP contribution in [0.25, 0.3) is 0 Å². The number of methoxy groups -OCH3 is 1. The van der Waals surface area contributed by atoms with Gasteiger partial charge in [0.05, 0.1) is 18.1 Å². The maximum absolute atomic E-state index is 12.2. The Morgan fingerprint density at radius 3 is 2.19 bits per heavy atom. The molecule has 0 radical (unpaired) electrons. The fourth-order valence-corrected chi connectivity index (χ4v) is 3.22. The Labute approximate surface area is 180 Å². The molecule has 1 N–H and O–H groups in total. The van der Waals surface area contributed by atoms with Crippen LogP contribution in [-0.4, -0.2) is 24.5 Å². The van der Waals surface area contributed by atoms with Crippen molar-refractivity contribution < 1.29 is 19.2 Å². The predicted octanol–water partition coefficient (Wildman–Crippen LogP) is 4.95. The Morgan fingerprint density at radius 2 is 1.58 bits per heavy atom. The van der Waals surface area contributed by atoms with Gasteiger partial charge in [0.15, 0.2) is 6.61 Å². The summed E-state index contributed by atoms with van der Waals surface area (Å²) in [5.74, 6) is 0.369. The minimum absolute atomic E-state index is 0.0827. The molecule has 0 heterocycles. The summed E-state index contributed by atoms with van der Waals surface area (Å²) >= 11 is 0. The SMILES string of the molecule is COc1ccc(NC(=O)COc2ccc(C(C)(C)c3ccccc3)cc2)c([N+](=O)[O-])c1. The van der Waals surface area contributed by atoms with Crippen molar-refractivity contribution in [3.8, 4) is 11.5 Å². The van der Waals surface area contributed by atoms with Crippen molar-refractivity contribution in [3.05, 3.63) is 94.0 Å². The van der Waals surface area contributed by atoms with Crippen molar-refractivity contribution in [2.24, 2.45) is 0 Å². The van der Waals surface area contributed by atoms with Crippen LogP contribution in [0.1, 0.15) is 25.0 Å². The molecular formula is C24H24N2O5. The summed E-state index contributed by atoms with van der Waals surface area (Å²) in [5, 5.41) is 13.7. The zero-order valence-corrected chi connectivity index (χ0v) is 17.6. The minimum atomic E-state index is -0.577. The lowest BCUT2D eigenvalue weighted by Crippen LogP contribution is -2.21. The summed E-state index contributed by atoms with van der Waals surface area (Å²) in [6.07, 6.45) is 0. The molecule has 0 aromatic heterocycles. The van der Waals surface area contributed by atoms with Crippen LogP contribution in [0.15, 0.2) is 72.8 Å². The molecular weight excluding hydrogens is 396 g/mol. The quantitative estimate of drug-likeness (QED) is 0.411. The Balaban J connectivity index is 1.63. The van der Waals surface area contributed by atoms with Gasteiger partial charge in [-0.2, -0.15) is 0 Å². The monoisotopic (exact) mass is 420 g/mol. The molecule has 0 spiro atoms. The summed E-state index contributed by atoms with van der Waals surface area (Å²) < 4.78 is 10.5. The second kappa shape index (κ2) is 9.30. The van der Waals surface area contributed by atoms with Crippen LogP contribution in [0.5, 0.6) is 11.5 Å². The molecule has 0 atom stereocenters. The van der Waals surface area contributed by atoms with E-state index in [2.05, 4.69) is 31.3 Å². The van der Waals surface area contributed by atoms with Crippen LogP contribution < -0.4 is 14.8 Å². The van der Waals surface area contributed by atoms with E-state index in [1.165, 1.54) is 30.9 Å². The zero-order valence-electron chi connectivity index (χ0n) is 17.6. The molecule has 7 nitrogen and oxygen atoms in total. The summed E-state index contributed by atoms with van der Waals surface area (Å²) in [6.45, 7) is 4.02. The van der Waals surface area contributed by atoms with Gasteiger partial charge in [-0.15, -0.1) is 0 Å². The van der Waals surface area contributed by atoms with E-state index < -0.39 is 10.8 Å². The average molecular weight is 420 g/mol. The van der Waals surface area contributed by atoms with E-state index >= 15 is 0 Å². The summed E-state index contributed by atoms with van der Waals surface area (Å²) in [6, 6.07) is 22.0. The number of ether oxygens (including phenoxy) is 2. The molecule has 7 heteroatoms. The first kappa shape index (κ1) is 21.8. The number of carbonyl (C=O) groups is 1. The fourth-order valence-electron chi connectivity index (χ4n) is 3.22. The highest BCUT2D eigenvalue weighted by atomic mass is 16.6. The van der Waals surface area contributed by atoms with Crippen LogP contribution in [0, 0.1) is 10.1 Å².